The standard InChI is InChI=1S/C18H22N2O4S/c1-14(20(25(3,22)23)17-10-5-4-6-11-17)18(21)19-16-9-7-8-15(12-16)13-24-2/h4-12,14H,13H2,1-3H3,(H,19,21). The van der Waals surface area contributed by atoms with Crippen molar-refractivity contribution in [2.24, 2.45) is 0 Å². The van der Waals surface area contributed by atoms with Gasteiger partial charge in [0.25, 0.3) is 0 Å². The maximum absolute atomic E-state index is 12.6. The van der Waals surface area contributed by atoms with Crippen LogP contribution in [-0.4, -0.2) is 33.7 Å². The Morgan fingerprint density at radius 1 is 1.16 bits per heavy atom. The van der Waals surface area contributed by atoms with Gasteiger partial charge in [-0.15, -0.1) is 0 Å². The molecule has 0 aromatic heterocycles. The summed E-state index contributed by atoms with van der Waals surface area (Å²) in [6, 6.07) is 14.9. The van der Waals surface area contributed by atoms with Gasteiger partial charge in [-0.3, -0.25) is 9.10 Å². The molecule has 0 radical (unpaired) electrons. The number of amides is 1. The molecule has 6 nitrogen and oxygen atoms in total. The molecule has 2 rings (SSSR count). The maximum Gasteiger partial charge on any atom is 0.247 e. The summed E-state index contributed by atoms with van der Waals surface area (Å²) in [6.45, 7) is 1.99. The summed E-state index contributed by atoms with van der Waals surface area (Å²) in [5.74, 6) is -0.413. The van der Waals surface area contributed by atoms with Gasteiger partial charge in [0.05, 0.1) is 18.6 Å². The third-order valence-electron chi connectivity index (χ3n) is 3.60. The van der Waals surface area contributed by atoms with Crippen molar-refractivity contribution in [3.05, 3.63) is 60.2 Å². The van der Waals surface area contributed by atoms with Crippen LogP contribution in [0.3, 0.4) is 0 Å². The minimum Gasteiger partial charge on any atom is -0.380 e. The molecule has 0 bridgehead atoms. The Balaban J connectivity index is 2.23. The second-order valence-corrected chi connectivity index (χ2v) is 7.55. The van der Waals surface area contributed by atoms with Gasteiger partial charge in [-0.2, -0.15) is 0 Å². The van der Waals surface area contributed by atoms with E-state index in [1.54, 1.807) is 62.6 Å². The van der Waals surface area contributed by atoms with E-state index in [0.29, 0.717) is 18.0 Å². The van der Waals surface area contributed by atoms with Crippen molar-refractivity contribution < 1.29 is 17.9 Å². The van der Waals surface area contributed by atoms with E-state index in [4.69, 9.17) is 4.74 Å². The molecular formula is C18H22N2O4S. The molecule has 7 heteroatoms. The normalized spacial score (nSPS) is 12.4. The zero-order valence-electron chi connectivity index (χ0n) is 14.5. The molecule has 0 saturated heterocycles. The third-order valence-corrected chi connectivity index (χ3v) is 4.85. The van der Waals surface area contributed by atoms with Gasteiger partial charge < -0.3 is 10.1 Å². The summed E-state index contributed by atoms with van der Waals surface area (Å²) >= 11 is 0. The highest BCUT2D eigenvalue weighted by Gasteiger charge is 2.29. The smallest absolute Gasteiger partial charge is 0.247 e. The maximum atomic E-state index is 12.6. The van der Waals surface area contributed by atoms with Crippen LogP contribution in [0.1, 0.15) is 12.5 Å². The lowest BCUT2D eigenvalue weighted by Crippen LogP contribution is -2.45. The van der Waals surface area contributed by atoms with Crippen LogP contribution in [0.5, 0.6) is 0 Å². The first kappa shape index (κ1) is 19.0. The fourth-order valence-corrected chi connectivity index (χ4v) is 3.71. The van der Waals surface area contributed by atoms with Crippen molar-refractivity contribution in [3.8, 4) is 0 Å². The Hall–Kier alpha value is -2.38. The van der Waals surface area contributed by atoms with Gasteiger partial charge in [-0.25, -0.2) is 8.42 Å². The fourth-order valence-electron chi connectivity index (χ4n) is 2.54. The van der Waals surface area contributed by atoms with Crippen LogP contribution in [0.25, 0.3) is 0 Å². The van der Waals surface area contributed by atoms with Crippen molar-refractivity contribution in [2.75, 3.05) is 23.0 Å². The quantitative estimate of drug-likeness (QED) is 0.821. The van der Waals surface area contributed by atoms with Crippen molar-refractivity contribution >= 4 is 27.3 Å². The van der Waals surface area contributed by atoms with Gasteiger partial charge in [0, 0.05) is 12.8 Å². The Labute approximate surface area is 148 Å². The van der Waals surface area contributed by atoms with Crippen molar-refractivity contribution in [1.82, 2.24) is 0 Å². The molecule has 134 valence electrons. The first-order valence-corrected chi connectivity index (χ1v) is 9.61. The minimum absolute atomic E-state index is 0.413. The highest BCUT2D eigenvalue weighted by molar-refractivity contribution is 7.92. The third kappa shape index (κ3) is 5.04. The average Bonchev–Trinajstić information content (AvgIpc) is 2.55. The van der Waals surface area contributed by atoms with E-state index < -0.39 is 22.0 Å². The molecule has 25 heavy (non-hydrogen) atoms. The van der Waals surface area contributed by atoms with E-state index in [1.807, 2.05) is 6.07 Å². The number of ether oxygens (including phenoxy) is 1. The molecule has 0 aliphatic heterocycles. The number of nitrogens with one attached hydrogen (secondary N) is 1. The number of carbonyl (C=O) groups is 1. The van der Waals surface area contributed by atoms with Crippen LogP contribution in [-0.2, 0) is 26.2 Å². The second-order valence-electron chi connectivity index (χ2n) is 5.69. The topological polar surface area (TPSA) is 75.7 Å². The lowest BCUT2D eigenvalue weighted by molar-refractivity contribution is -0.116. The van der Waals surface area contributed by atoms with Gasteiger partial charge in [0.2, 0.25) is 15.9 Å². The SMILES string of the molecule is COCc1cccc(NC(=O)C(C)N(c2ccccc2)S(C)(=O)=O)c1. The van der Waals surface area contributed by atoms with Crippen LogP contribution < -0.4 is 9.62 Å². The summed E-state index contributed by atoms with van der Waals surface area (Å²) < 4.78 is 30.6. The number of benzene rings is 2. The summed E-state index contributed by atoms with van der Waals surface area (Å²) in [6.07, 6.45) is 1.09. The van der Waals surface area contributed by atoms with Gasteiger partial charge >= 0.3 is 0 Å². The van der Waals surface area contributed by atoms with E-state index in [1.165, 1.54) is 0 Å². The first-order valence-electron chi connectivity index (χ1n) is 7.76. The van der Waals surface area contributed by atoms with Gasteiger partial charge in [-0.05, 0) is 36.8 Å². The van der Waals surface area contributed by atoms with Gasteiger partial charge in [0.1, 0.15) is 6.04 Å². The number of nitrogens with zero attached hydrogens (tertiary/aromatic N) is 1. The van der Waals surface area contributed by atoms with Crippen LogP contribution in [0.2, 0.25) is 0 Å². The molecule has 0 heterocycles. The Kier molecular flexibility index (Phi) is 6.17. The molecule has 2 aromatic carbocycles. The van der Waals surface area contributed by atoms with Crippen LogP contribution >= 0.6 is 0 Å². The molecule has 0 aliphatic rings. The number of anilines is 2. The molecule has 0 fully saturated rings. The highest BCUT2D eigenvalue weighted by Crippen LogP contribution is 2.21. The summed E-state index contributed by atoms with van der Waals surface area (Å²) in [4.78, 5) is 12.6. The van der Waals surface area contributed by atoms with Crippen molar-refractivity contribution in [3.63, 3.8) is 0 Å². The highest BCUT2D eigenvalue weighted by atomic mass is 32.2. The predicted octanol–water partition coefficient (Wildman–Crippen LogP) is 2.63. The second kappa shape index (κ2) is 8.13. The lowest BCUT2D eigenvalue weighted by Gasteiger charge is -2.28. The average molecular weight is 362 g/mol. The largest absolute Gasteiger partial charge is 0.380 e. The molecule has 0 spiro atoms. The number of para-hydroxylation sites is 1. The zero-order chi connectivity index (χ0) is 18.4. The molecular weight excluding hydrogens is 340 g/mol. The Bertz CT molecular complexity index is 822. The summed E-state index contributed by atoms with van der Waals surface area (Å²) in [5.41, 5.74) is 1.95. The van der Waals surface area contributed by atoms with Gasteiger partial charge in [0.15, 0.2) is 0 Å². The molecule has 0 saturated carbocycles. The summed E-state index contributed by atoms with van der Waals surface area (Å²) in [7, 11) is -2.02. The number of sulfonamides is 1. The van der Waals surface area contributed by atoms with E-state index in [2.05, 4.69) is 5.32 Å². The molecule has 2 aromatic rings. The zero-order valence-corrected chi connectivity index (χ0v) is 15.3. The van der Waals surface area contributed by atoms with Crippen molar-refractivity contribution in [2.45, 2.75) is 19.6 Å². The Morgan fingerprint density at radius 3 is 2.44 bits per heavy atom. The van der Waals surface area contributed by atoms with E-state index in [9.17, 15) is 13.2 Å². The van der Waals surface area contributed by atoms with E-state index >= 15 is 0 Å². The van der Waals surface area contributed by atoms with E-state index in [-0.39, 0.29) is 0 Å². The number of rotatable bonds is 7. The number of hydrogen-bond acceptors (Lipinski definition) is 4. The first-order chi connectivity index (χ1) is 11.8. The van der Waals surface area contributed by atoms with Gasteiger partial charge in [-0.1, -0.05) is 30.3 Å². The Morgan fingerprint density at radius 2 is 1.84 bits per heavy atom. The number of hydrogen-bond donors (Lipinski definition) is 1. The number of methoxy groups -OCH3 is 1. The van der Waals surface area contributed by atoms with E-state index in [0.717, 1.165) is 16.1 Å². The molecule has 1 amide bonds. The lowest BCUT2D eigenvalue weighted by atomic mass is 10.2. The van der Waals surface area contributed by atoms with Crippen LogP contribution in [0.15, 0.2) is 54.6 Å². The monoisotopic (exact) mass is 362 g/mol. The van der Waals surface area contributed by atoms with Crippen molar-refractivity contribution in [1.29, 1.82) is 0 Å². The molecule has 1 unspecified atom stereocenters. The predicted molar refractivity (Wildman–Crippen MR) is 99.0 cm³/mol. The number of carbonyl (C=O) groups excluding carboxylic acids is 1. The molecule has 0 aliphatic carbocycles. The van der Waals surface area contributed by atoms with Crippen LogP contribution in [0, 0.1) is 0 Å². The summed E-state index contributed by atoms with van der Waals surface area (Å²) in [5, 5.41) is 2.76. The molecule has 1 atom stereocenters. The van der Waals surface area contributed by atoms with Crippen LogP contribution in [0.4, 0.5) is 11.4 Å². The minimum atomic E-state index is -3.62. The fraction of sp³-hybridized carbons (Fsp3) is 0.278. The molecule has 1 N–H and O–H groups in total.